The van der Waals surface area contributed by atoms with Gasteiger partial charge in [0.25, 0.3) is 0 Å². The van der Waals surface area contributed by atoms with Crippen molar-refractivity contribution in [3.8, 4) is 11.4 Å². The number of nitrogens with zero attached hydrogens (tertiary/aromatic N) is 4. The summed E-state index contributed by atoms with van der Waals surface area (Å²) in [5.41, 5.74) is 2.38. The molecule has 0 spiro atoms. The number of aromatic nitrogens is 3. The number of rotatable bonds is 5. The van der Waals surface area contributed by atoms with Gasteiger partial charge < -0.3 is 5.32 Å². The molecular formula is C22H24FN5O2S. The third kappa shape index (κ3) is 4.42. The lowest BCUT2D eigenvalue weighted by molar-refractivity contribution is 0.315. The molecule has 0 aliphatic carbocycles. The Morgan fingerprint density at radius 2 is 1.90 bits per heavy atom. The van der Waals surface area contributed by atoms with Crippen molar-refractivity contribution < 1.29 is 12.8 Å². The fraction of sp³-hybridized carbons (Fsp3) is 0.318. The maximum Gasteiger partial charge on any atom is 0.245 e. The van der Waals surface area contributed by atoms with E-state index in [-0.39, 0.29) is 10.8 Å². The predicted molar refractivity (Wildman–Crippen MR) is 117 cm³/mol. The lowest BCUT2D eigenvalue weighted by Gasteiger charge is -2.31. The van der Waals surface area contributed by atoms with E-state index in [1.807, 2.05) is 18.2 Å². The van der Waals surface area contributed by atoms with Gasteiger partial charge in [-0.2, -0.15) is 4.31 Å². The van der Waals surface area contributed by atoms with E-state index in [2.05, 4.69) is 15.3 Å². The number of sulfonamides is 1. The van der Waals surface area contributed by atoms with Crippen molar-refractivity contribution in [3.05, 3.63) is 65.9 Å². The van der Waals surface area contributed by atoms with Crippen LogP contribution in [0.25, 0.3) is 11.4 Å². The number of halogens is 1. The number of pyridine rings is 1. The number of anilines is 1. The van der Waals surface area contributed by atoms with Crippen molar-refractivity contribution in [2.24, 2.45) is 0 Å². The Kier molecular flexibility index (Phi) is 5.97. The molecule has 9 heteroatoms. The molecule has 0 atom stereocenters. The van der Waals surface area contributed by atoms with Crippen molar-refractivity contribution in [1.29, 1.82) is 0 Å². The second-order valence-corrected chi connectivity index (χ2v) is 9.51. The average molecular weight is 442 g/mol. The molecular weight excluding hydrogens is 417 g/mol. The van der Waals surface area contributed by atoms with Gasteiger partial charge in [0.15, 0.2) is 5.82 Å². The SMILES string of the molecule is CNc1cc(C2CCN(S(=O)(=O)c3cc(C)ccc3F)CC2)nc(-c2cccnc2)n1. The van der Waals surface area contributed by atoms with E-state index in [9.17, 15) is 12.8 Å². The summed E-state index contributed by atoms with van der Waals surface area (Å²) in [6.07, 6.45) is 4.60. The van der Waals surface area contributed by atoms with Gasteiger partial charge in [-0.1, -0.05) is 6.07 Å². The molecule has 4 rings (SSSR count). The predicted octanol–water partition coefficient (Wildman–Crippen LogP) is 3.60. The Labute approximate surface area is 181 Å². The molecule has 0 unspecified atom stereocenters. The van der Waals surface area contributed by atoms with E-state index in [1.54, 1.807) is 32.4 Å². The summed E-state index contributed by atoms with van der Waals surface area (Å²) < 4.78 is 41.6. The highest BCUT2D eigenvalue weighted by atomic mass is 32.2. The van der Waals surface area contributed by atoms with Gasteiger partial charge >= 0.3 is 0 Å². The van der Waals surface area contributed by atoms with Crippen LogP contribution in [-0.4, -0.2) is 47.8 Å². The molecule has 3 heterocycles. The molecule has 3 aromatic rings. The molecule has 1 aromatic carbocycles. The minimum absolute atomic E-state index is 0.0827. The summed E-state index contributed by atoms with van der Waals surface area (Å²) in [5.74, 6) is 0.634. The molecule has 2 aromatic heterocycles. The highest BCUT2D eigenvalue weighted by molar-refractivity contribution is 7.89. The molecule has 7 nitrogen and oxygen atoms in total. The first-order valence-corrected chi connectivity index (χ1v) is 11.6. The summed E-state index contributed by atoms with van der Waals surface area (Å²) in [5, 5.41) is 3.06. The zero-order chi connectivity index (χ0) is 22.0. The Bertz CT molecular complexity index is 1180. The second kappa shape index (κ2) is 8.68. The van der Waals surface area contributed by atoms with Crippen molar-refractivity contribution in [2.75, 3.05) is 25.5 Å². The van der Waals surface area contributed by atoms with Gasteiger partial charge in [0.1, 0.15) is 16.5 Å². The van der Waals surface area contributed by atoms with Gasteiger partial charge in [0.05, 0.1) is 0 Å². The molecule has 1 fully saturated rings. The fourth-order valence-corrected chi connectivity index (χ4v) is 5.39. The van der Waals surface area contributed by atoms with Gasteiger partial charge in [-0.3, -0.25) is 4.98 Å². The van der Waals surface area contributed by atoms with E-state index in [0.717, 1.165) is 11.3 Å². The number of nitrogens with one attached hydrogen (secondary N) is 1. The smallest absolute Gasteiger partial charge is 0.245 e. The molecule has 162 valence electrons. The average Bonchev–Trinajstić information content (AvgIpc) is 2.81. The normalized spacial score (nSPS) is 15.7. The minimum atomic E-state index is -3.88. The molecule has 31 heavy (non-hydrogen) atoms. The summed E-state index contributed by atoms with van der Waals surface area (Å²) in [7, 11) is -2.08. The van der Waals surface area contributed by atoms with Gasteiger partial charge in [-0.15, -0.1) is 0 Å². The van der Waals surface area contributed by atoms with Crippen LogP contribution in [0.1, 0.15) is 30.0 Å². The monoisotopic (exact) mass is 441 g/mol. The first-order chi connectivity index (χ1) is 14.9. The number of aryl methyl sites for hydroxylation is 1. The standard InChI is InChI=1S/C22H24FN5O2S/c1-15-5-6-18(23)20(12-15)31(29,30)28-10-7-16(8-11-28)19-13-21(24-2)27-22(26-19)17-4-3-9-25-14-17/h3-6,9,12-14,16H,7-8,10-11H2,1-2H3,(H,24,26,27). The van der Waals surface area contributed by atoms with Crippen LogP contribution in [0.15, 0.2) is 53.7 Å². The highest BCUT2D eigenvalue weighted by Crippen LogP contribution is 2.32. The van der Waals surface area contributed by atoms with Crippen molar-refractivity contribution >= 4 is 15.8 Å². The largest absolute Gasteiger partial charge is 0.373 e. The number of hydrogen-bond acceptors (Lipinski definition) is 6. The summed E-state index contributed by atoms with van der Waals surface area (Å²) >= 11 is 0. The molecule has 0 bridgehead atoms. The Balaban J connectivity index is 1.56. The van der Waals surface area contributed by atoms with Crippen LogP contribution in [0.2, 0.25) is 0 Å². The fourth-order valence-electron chi connectivity index (χ4n) is 3.77. The lowest BCUT2D eigenvalue weighted by atomic mass is 9.94. The Morgan fingerprint density at radius 1 is 1.13 bits per heavy atom. The molecule has 1 N–H and O–H groups in total. The van der Waals surface area contributed by atoms with Gasteiger partial charge in [-0.25, -0.2) is 22.8 Å². The maximum absolute atomic E-state index is 14.2. The zero-order valence-electron chi connectivity index (χ0n) is 17.4. The molecule has 0 amide bonds. The van der Waals surface area contributed by atoms with E-state index in [0.29, 0.717) is 43.1 Å². The van der Waals surface area contributed by atoms with Crippen molar-refractivity contribution in [1.82, 2.24) is 19.3 Å². The highest BCUT2D eigenvalue weighted by Gasteiger charge is 2.32. The third-order valence-corrected chi connectivity index (χ3v) is 7.41. The minimum Gasteiger partial charge on any atom is -0.373 e. The van der Waals surface area contributed by atoms with Crippen LogP contribution in [0.5, 0.6) is 0 Å². The van der Waals surface area contributed by atoms with Gasteiger partial charge in [0, 0.05) is 55.8 Å². The van der Waals surface area contributed by atoms with E-state index in [1.165, 1.54) is 16.4 Å². The van der Waals surface area contributed by atoms with Crippen LogP contribution in [0.3, 0.4) is 0 Å². The number of piperidine rings is 1. The second-order valence-electron chi connectivity index (χ2n) is 7.61. The first-order valence-electron chi connectivity index (χ1n) is 10.1. The Morgan fingerprint density at radius 3 is 2.58 bits per heavy atom. The third-order valence-electron chi connectivity index (χ3n) is 5.50. The van der Waals surface area contributed by atoms with Gasteiger partial charge in [-0.05, 0) is 49.6 Å². The zero-order valence-corrected chi connectivity index (χ0v) is 18.2. The van der Waals surface area contributed by atoms with Gasteiger partial charge in [0.2, 0.25) is 10.0 Å². The summed E-state index contributed by atoms with van der Waals surface area (Å²) in [6, 6.07) is 9.79. The quantitative estimate of drug-likeness (QED) is 0.651. The molecule has 1 aliphatic heterocycles. The lowest BCUT2D eigenvalue weighted by Crippen LogP contribution is -2.38. The molecule has 0 radical (unpaired) electrons. The van der Waals surface area contributed by atoms with Crippen LogP contribution in [0, 0.1) is 12.7 Å². The first kappa shape index (κ1) is 21.3. The van der Waals surface area contributed by atoms with Crippen LogP contribution in [0.4, 0.5) is 10.2 Å². The van der Waals surface area contributed by atoms with E-state index in [4.69, 9.17) is 4.98 Å². The van der Waals surface area contributed by atoms with E-state index >= 15 is 0 Å². The van der Waals surface area contributed by atoms with Crippen molar-refractivity contribution in [2.45, 2.75) is 30.6 Å². The van der Waals surface area contributed by atoms with Crippen LogP contribution < -0.4 is 5.32 Å². The number of benzene rings is 1. The number of hydrogen-bond donors (Lipinski definition) is 1. The van der Waals surface area contributed by atoms with E-state index < -0.39 is 15.8 Å². The summed E-state index contributed by atoms with van der Waals surface area (Å²) in [6.45, 7) is 2.36. The maximum atomic E-state index is 14.2. The molecule has 1 aliphatic rings. The molecule has 0 saturated carbocycles. The molecule has 1 saturated heterocycles. The van der Waals surface area contributed by atoms with Crippen LogP contribution in [-0.2, 0) is 10.0 Å². The van der Waals surface area contributed by atoms with Crippen molar-refractivity contribution in [3.63, 3.8) is 0 Å². The Hall–Kier alpha value is -2.91. The summed E-state index contributed by atoms with van der Waals surface area (Å²) in [4.78, 5) is 13.1. The van der Waals surface area contributed by atoms with Crippen LogP contribution >= 0.6 is 0 Å². The topological polar surface area (TPSA) is 88.1 Å².